The Kier molecular flexibility index (Phi) is 5.63. The Bertz CT molecular complexity index is 1380. The molecule has 4 aromatic rings. The first-order chi connectivity index (χ1) is 16.5. The van der Waals surface area contributed by atoms with E-state index in [1.165, 1.54) is 4.90 Å². The van der Waals surface area contributed by atoms with E-state index in [1.54, 1.807) is 41.2 Å². The summed E-state index contributed by atoms with van der Waals surface area (Å²) in [5.74, 6) is -0.694. The molecule has 2 aromatic carbocycles. The lowest BCUT2D eigenvalue weighted by Crippen LogP contribution is -2.40. The van der Waals surface area contributed by atoms with Crippen LogP contribution in [0.2, 0.25) is 0 Å². The van der Waals surface area contributed by atoms with Crippen molar-refractivity contribution in [2.75, 3.05) is 10.2 Å². The molecule has 0 bridgehead atoms. The molecule has 34 heavy (non-hydrogen) atoms. The fourth-order valence-electron chi connectivity index (χ4n) is 4.16. The van der Waals surface area contributed by atoms with Crippen LogP contribution in [0.3, 0.4) is 0 Å². The number of nitrogens with one attached hydrogen (secondary N) is 1. The van der Waals surface area contributed by atoms with E-state index in [4.69, 9.17) is 4.98 Å². The third-order valence-electron chi connectivity index (χ3n) is 5.89. The third-order valence-corrected chi connectivity index (χ3v) is 5.89. The van der Waals surface area contributed by atoms with Gasteiger partial charge in [-0.2, -0.15) is 5.10 Å². The summed E-state index contributed by atoms with van der Waals surface area (Å²) in [5, 5.41) is 7.96. The Labute approximate surface area is 196 Å². The molecule has 3 heterocycles. The molecule has 0 radical (unpaired) electrons. The summed E-state index contributed by atoms with van der Waals surface area (Å²) in [6.07, 6.45) is 2.96. The molecule has 0 aliphatic carbocycles. The molecule has 2 aromatic heterocycles. The van der Waals surface area contributed by atoms with Crippen LogP contribution in [0.5, 0.6) is 0 Å². The van der Waals surface area contributed by atoms with E-state index >= 15 is 0 Å². The van der Waals surface area contributed by atoms with Crippen molar-refractivity contribution in [2.24, 2.45) is 0 Å². The van der Waals surface area contributed by atoms with Crippen molar-refractivity contribution in [2.45, 2.75) is 32.7 Å². The minimum atomic E-state index is -0.293. The maximum absolute atomic E-state index is 13.3. The number of aromatic nitrogens is 3. The molecule has 0 unspecified atom stereocenters. The van der Waals surface area contributed by atoms with Gasteiger partial charge in [-0.3, -0.25) is 19.3 Å². The van der Waals surface area contributed by atoms with Crippen molar-refractivity contribution in [3.05, 3.63) is 72.4 Å². The van der Waals surface area contributed by atoms with E-state index in [0.29, 0.717) is 59.5 Å². The number of hydrogen-bond donors (Lipinski definition) is 1. The molecule has 1 fully saturated rings. The Hall–Kier alpha value is -4.33. The van der Waals surface area contributed by atoms with E-state index in [9.17, 15) is 14.4 Å². The van der Waals surface area contributed by atoms with Crippen LogP contribution in [-0.4, -0.2) is 32.5 Å². The van der Waals surface area contributed by atoms with E-state index in [1.807, 2.05) is 37.3 Å². The summed E-state index contributed by atoms with van der Waals surface area (Å²) < 4.78 is 1.76. The molecule has 5 rings (SSSR count). The highest BCUT2D eigenvalue weighted by atomic mass is 16.2. The number of rotatable bonds is 5. The Morgan fingerprint density at radius 2 is 1.71 bits per heavy atom. The molecular weight excluding hydrogens is 430 g/mol. The van der Waals surface area contributed by atoms with Crippen molar-refractivity contribution in [3.63, 3.8) is 0 Å². The van der Waals surface area contributed by atoms with Crippen LogP contribution >= 0.6 is 0 Å². The summed E-state index contributed by atoms with van der Waals surface area (Å²) in [5.41, 5.74) is 3.77. The fraction of sp³-hybridized carbons (Fsp3) is 0.192. The van der Waals surface area contributed by atoms with Gasteiger partial charge in [-0.15, -0.1) is 0 Å². The van der Waals surface area contributed by atoms with Gasteiger partial charge in [0, 0.05) is 30.6 Å². The number of piperidine rings is 1. The predicted molar refractivity (Wildman–Crippen MR) is 129 cm³/mol. The highest BCUT2D eigenvalue weighted by molar-refractivity contribution is 6.16. The number of aryl methyl sites for hydroxylation is 1. The normalized spacial score (nSPS) is 14.0. The van der Waals surface area contributed by atoms with Gasteiger partial charge in [0.2, 0.25) is 11.8 Å². The fourth-order valence-corrected chi connectivity index (χ4v) is 4.16. The lowest BCUT2D eigenvalue weighted by Gasteiger charge is -2.25. The molecule has 170 valence electrons. The summed E-state index contributed by atoms with van der Waals surface area (Å²) in [4.78, 5) is 43.6. The Morgan fingerprint density at radius 3 is 2.38 bits per heavy atom. The summed E-state index contributed by atoms with van der Waals surface area (Å²) in [6.45, 7) is 2.60. The molecule has 0 saturated carbocycles. The topological polar surface area (TPSA) is 97.2 Å². The number of nitrogens with zero attached hydrogens (tertiary/aromatic N) is 4. The van der Waals surface area contributed by atoms with Crippen LogP contribution in [-0.2, 0) is 16.1 Å². The maximum atomic E-state index is 13.3. The van der Waals surface area contributed by atoms with Crippen LogP contribution < -0.4 is 10.2 Å². The highest BCUT2D eigenvalue weighted by Crippen LogP contribution is 2.27. The second kappa shape index (κ2) is 8.90. The first-order valence-corrected chi connectivity index (χ1v) is 11.2. The number of amides is 3. The summed E-state index contributed by atoms with van der Waals surface area (Å²) in [6, 6.07) is 18.2. The summed E-state index contributed by atoms with van der Waals surface area (Å²) in [7, 11) is 0. The standard InChI is InChI=1S/C26H23N5O3/c1-2-30-25-21(16-27-30)20(15-22(29-25)17-7-4-3-5-8-17)26(34)28-18-11-13-19(14-12-18)31-23(32)9-6-10-24(31)33/h3-5,7-8,11-16H,2,6,9-10H2,1H3,(H,28,34). The van der Waals surface area contributed by atoms with Gasteiger partial charge in [0.15, 0.2) is 5.65 Å². The molecule has 8 heteroatoms. The molecule has 0 atom stereocenters. The SMILES string of the molecule is CCn1ncc2c(C(=O)Nc3ccc(N4C(=O)CCCC4=O)cc3)cc(-c3ccccc3)nc21. The van der Waals surface area contributed by atoms with Gasteiger partial charge in [0.25, 0.3) is 5.91 Å². The number of imide groups is 1. The smallest absolute Gasteiger partial charge is 0.256 e. The van der Waals surface area contributed by atoms with Crippen LogP contribution in [0.1, 0.15) is 36.5 Å². The van der Waals surface area contributed by atoms with Crippen molar-refractivity contribution in [1.82, 2.24) is 14.8 Å². The Balaban J connectivity index is 1.46. The van der Waals surface area contributed by atoms with Gasteiger partial charge in [-0.05, 0) is 43.7 Å². The lowest BCUT2D eigenvalue weighted by atomic mass is 10.1. The van der Waals surface area contributed by atoms with Crippen LogP contribution in [0, 0.1) is 0 Å². The Morgan fingerprint density at radius 1 is 1.00 bits per heavy atom. The van der Waals surface area contributed by atoms with Crippen molar-refractivity contribution >= 4 is 40.1 Å². The number of carbonyl (C=O) groups excluding carboxylic acids is 3. The number of pyridine rings is 1. The predicted octanol–water partition coefficient (Wildman–Crippen LogP) is 4.41. The molecule has 1 aliphatic rings. The number of anilines is 2. The second-order valence-corrected chi connectivity index (χ2v) is 8.10. The van der Waals surface area contributed by atoms with E-state index in [0.717, 1.165) is 5.56 Å². The van der Waals surface area contributed by atoms with E-state index in [2.05, 4.69) is 10.4 Å². The molecular formula is C26H23N5O3. The first kappa shape index (κ1) is 21.5. The molecule has 1 N–H and O–H groups in total. The minimum absolute atomic E-state index is 0.200. The highest BCUT2D eigenvalue weighted by Gasteiger charge is 2.27. The largest absolute Gasteiger partial charge is 0.322 e. The number of benzene rings is 2. The number of carbonyl (C=O) groups is 3. The minimum Gasteiger partial charge on any atom is -0.322 e. The molecule has 1 saturated heterocycles. The molecule has 0 spiro atoms. The van der Waals surface area contributed by atoms with Crippen LogP contribution in [0.15, 0.2) is 66.9 Å². The number of fused-ring (bicyclic) bond motifs is 1. The van der Waals surface area contributed by atoms with Crippen LogP contribution in [0.25, 0.3) is 22.3 Å². The van der Waals surface area contributed by atoms with Crippen molar-refractivity contribution < 1.29 is 14.4 Å². The molecule has 8 nitrogen and oxygen atoms in total. The summed E-state index contributed by atoms with van der Waals surface area (Å²) >= 11 is 0. The maximum Gasteiger partial charge on any atom is 0.256 e. The van der Waals surface area contributed by atoms with Crippen molar-refractivity contribution in [1.29, 1.82) is 0 Å². The van der Waals surface area contributed by atoms with E-state index < -0.39 is 0 Å². The quantitative estimate of drug-likeness (QED) is 0.452. The monoisotopic (exact) mass is 453 g/mol. The van der Waals surface area contributed by atoms with Crippen LogP contribution in [0.4, 0.5) is 11.4 Å². The van der Waals surface area contributed by atoms with E-state index in [-0.39, 0.29) is 17.7 Å². The second-order valence-electron chi connectivity index (χ2n) is 8.10. The van der Waals surface area contributed by atoms with Gasteiger partial charge in [-0.25, -0.2) is 9.67 Å². The molecule has 3 amide bonds. The number of hydrogen-bond acceptors (Lipinski definition) is 5. The zero-order valence-corrected chi connectivity index (χ0v) is 18.7. The zero-order valence-electron chi connectivity index (χ0n) is 18.7. The van der Waals surface area contributed by atoms with Crippen molar-refractivity contribution in [3.8, 4) is 11.3 Å². The van der Waals surface area contributed by atoms with Gasteiger partial charge in [0.1, 0.15) is 0 Å². The zero-order chi connectivity index (χ0) is 23.7. The van der Waals surface area contributed by atoms with Gasteiger partial charge >= 0.3 is 0 Å². The van der Waals surface area contributed by atoms with Gasteiger partial charge < -0.3 is 5.32 Å². The average Bonchev–Trinajstić information content (AvgIpc) is 3.28. The van der Waals surface area contributed by atoms with Gasteiger partial charge in [-0.1, -0.05) is 30.3 Å². The molecule has 1 aliphatic heterocycles. The first-order valence-electron chi connectivity index (χ1n) is 11.2. The average molecular weight is 454 g/mol. The third kappa shape index (κ3) is 3.94. The van der Waals surface area contributed by atoms with Gasteiger partial charge in [0.05, 0.1) is 28.5 Å². The lowest BCUT2D eigenvalue weighted by molar-refractivity contribution is -0.129.